The van der Waals surface area contributed by atoms with Crippen molar-refractivity contribution in [2.75, 3.05) is 0 Å². The molecular weight excluding hydrogens is 234 g/mol. The highest BCUT2D eigenvalue weighted by Gasteiger charge is 2.07. The van der Waals surface area contributed by atoms with E-state index in [0.29, 0.717) is 0 Å². The highest BCUT2D eigenvalue weighted by Crippen LogP contribution is 2.31. The zero-order valence-electron chi connectivity index (χ0n) is 10.1. The number of pyridine rings is 1. The molecule has 0 amide bonds. The normalized spacial score (nSPS) is 11.2. The molecule has 2 heteroatoms. The van der Waals surface area contributed by atoms with Crippen LogP contribution >= 0.6 is 0 Å². The molecule has 2 heterocycles. The van der Waals surface area contributed by atoms with Crippen LogP contribution in [-0.4, -0.2) is 4.98 Å². The molecule has 0 saturated carbocycles. The Balaban J connectivity index is 2.03. The van der Waals surface area contributed by atoms with E-state index in [9.17, 15) is 0 Å². The summed E-state index contributed by atoms with van der Waals surface area (Å²) in [7, 11) is 0. The molecule has 0 atom stereocenters. The van der Waals surface area contributed by atoms with Gasteiger partial charge >= 0.3 is 0 Å². The zero-order valence-corrected chi connectivity index (χ0v) is 10.1. The maximum Gasteiger partial charge on any atom is 0.135 e. The van der Waals surface area contributed by atoms with Crippen LogP contribution in [-0.2, 0) is 0 Å². The second-order valence-electron chi connectivity index (χ2n) is 4.48. The van der Waals surface area contributed by atoms with Crippen molar-refractivity contribution in [3.05, 3.63) is 67.0 Å². The number of fused-ring (bicyclic) bond motifs is 3. The largest absolute Gasteiger partial charge is 0.456 e. The molecule has 0 fully saturated rings. The van der Waals surface area contributed by atoms with Crippen LogP contribution in [0.1, 0.15) is 0 Å². The maximum absolute atomic E-state index is 5.81. The molecule has 2 aromatic heterocycles. The average molecular weight is 244 g/mol. The lowest BCUT2D eigenvalue weighted by Crippen LogP contribution is -1.78. The fraction of sp³-hybridized carbons (Fsp3) is 0. The summed E-state index contributed by atoms with van der Waals surface area (Å²) in [5.74, 6) is 0. The van der Waals surface area contributed by atoms with Crippen molar-refractivity contribution in [2.24, 2.45) is 0 Å². The molecule has 0 bridgehead atoms. The predicted molar refractivity (Wildman–Crippen MR) is 75.8 cm³/mol. The molecule has 19 heavy (non-hydrogen) atoms. The van der Waals surface area contributed by atoms with Crippen molar-refractivity contribution in [1.29, 1.82) is 0 Å². The van der Waals surface area contributed by atoms with Gasteiger partial charge in [-0.2, -0.15) is 0 Å². The van der Waals surface area contributed by atoms with Crippen molar-refractivity contribution in [2.45, 2.75) is 0 Å². The SMILES string of the molecule is [c]1ccc2oc3ccc(-c4cccnc4)cc3c2c1. The molecule has 0 unspecified atom stereocenters. The third-order valence-corrected chi connectivity index (χ3v) is 3.31. The molecule has 1 radical (unpaired) electrons. The molecule has 0 aliphatic heterocycles. The van der Waals surface area contributed by atoms with Crippen molar-refractivity contribution in [3.8, 4) is 11.1 Å². The summed E-state index contributed by atoms with van der Waals surface area (Å²) < 4.78 is 5.81. The summed E-state index contributed by atoms with van der Waals surface area (Å²) in [5, 5.41) is 2.22. The third kappa shape index (κ3) is 1.61. The average Bonchev–Trinajstić information content (AvgIpc) is 2.86. The summed E-state index contributed by atoms with van der Waals surface area (Å²) in [5.41, 5.74) is 4.06. The fourth-order valence-corrected chi connectivity index (χ4v) is 2.38. The van der Waals surface area contributed by atoms with E-state index in [1.54, 1.807) is 6.20 Å². The van der Waals surface area contributed by atoms with Crippen LogP contribution in [0.5, 0.6) is 0 Å². The topological polar surface area (TPSA) is 26.0 Å². The molecule has 0 aliphatic carbocycles. The minimum atomic E-state index is 0.900. The highest BCUT2D eigenvalue weighted by atomic mass is 16.3. The Labute approximate surface area is 110 Å². The lowest BCUT2D eigenvalue weighted by atomic mass is 10.0. The summed E-state index contributed by atoms with van der Waals surface area (Å²) in [6, 6.07) is 19.1. The van der Waals surface area contributed by atoms with E-state index in [4.69, 9.17) is 4.42 Å². The second-order valence-corrected chi connectivity index (χ2v) is 4.48. The van der Waals surface area contributed by atoms with Gasteiger partial charge < -0.3 is 4.42 Å². The van der Waals surface area contributed by atoms with Crippen molar-refractivity contribution < 1.29 is 4.42 Å². The van der Waals surface area contributed by atoms with Crippen LogP contribution in [0.2, 0.25) is 0 Å². The first-order valence-corrected chi connectivity index (χ1v) is 6.14. The van der Waals surface area contributed by atoms with Gasteiger partial charge in [-0.1, -0.05) is 18.2 Å². The van der Waals surface area contributed by atoms with Crippen LogP contribution in [0.4, 0.5) is 0 Å². The Kier molecular flexibility index (Phi) is 2.15. The van der Waals surface area contributed by atoms with Gasteiger partial charge in [0.05, 0.1) is 0 Å². The van der Waals surface area contributed by atoms with E-state index in [0.717, 1.165) is 33.1 Å². The Morgan fingerprint density at radius 2 is 1.89 bits per heavy atom. The van der Waals surface area contributed by atoms with Crippen molar-refractivity contribution in [3.63, 3.8) is 0 Å². The quantitative estimate of drug-likeness (QED) is 0.494. The smallest absolute Gasteiger partial charge is 0.135 e. The van der Waals surface area contributed by atoms with Crippen LogP contribution < -0.4 is 0 Å². The molecule has 0 aliphatic rings. The predicted octanol–water partition coefficient (Wildman–Crippen LogP) is 4.45. The van der Waals surface area contributed by atoms with E-state index < -0.39 is 0 Å². The number of hydrogen-bond acceptors (Lipinski definition) is 2. The Morgan fingerprint density at radius 1 is 0.947 bits per heavy atom. The number of rotatable bonds is 1. The van der Waals surface area contributed by atoms with Crippen molar-refractivity contribution >= 4 is 21.9 Å². The Hall–Kier alpha value is -2.61. The molecule has 0 N–H and O–H groups in total. The lowest BCUT2D eigenvalue weighted by Gasteiger charge is -2.00. The van der Waals surface area contributed by atoms with E-state index in [-0.39, 0.29) is 0 Å². The Bertz CT molecular complexity index is 862. The van der Waals surface area contributed by atoms with E-state index in [2.05, 4.69) is 29.2 Å². The van der Waals surface area contributed by atoms with Gasteiger partial charge in [0.1, 0.15) is 11.2 Å². The zero-order chi connectivity index (χ0) is 12.7. The maximum atomic E-state index is 5.81. The van der Waals surface area contributed by atoms with E-state index in [1.165, 1.54) is 0 Å². The summed E-state index contributed by atoms with van der Waals surface area (Å²) in [4.78, 5) is 4.16. The first-order valence-electron chi connectivity index (χ1n) is 6.14. The van der Waals surface area contributed by atoms with Gasteiger partial charge in [-0.3, -0.25) is 4.98 Å². The summed E-state index contributed by atoms with van der Waals surface area (Å²) in [6.45, 7) is 0. The van der Waals surface area contributed by atoms with Crippen LogP contribution in [0.25, 0.3) is 33.1 Å². The van der Waals surface area contributed by atoms with E-state index >= 15 is 0 Å². The first-order chi connectivity index (χ1) is 9.42. The van der Waals surface area contributed by atoms with Crippen LogP contribution in [0, 0.1) is 6.07 Å². The first kappa shape index (κ1) is 10.3. The standard InChI is InChI=1S/C17H10NO/c1-2-6-16-14(5-1)15-10-12(7-8-17(15)19-16)13-4-3-9-18-11-13/h2-11H. The Morgan fingerprint density at radius 3 is 2.79 bits per heavy atom. The highest BCUT2D eigenvalue weighted by molar-refractivity contribution is 6.06. The van der Waals surface area contributed by atoms with Crippen molar-refractivity contribution in [1.82, 2.24) is 4.98 Å². The number of benzene rings is 2. The summed E-state index contributed by atoms with van der Waals surface area (Å²) in [6.07, 6.45) is 3.65. The van der Waals surface area contributed by atoms with Crippen LogP contribution in [0.15, 0.2) is 65.3 Å². The minimum Gasteiger partial charge on any atom is -0.456 e. The molecule has 0 saturated heterocycles. The number of furan rings is 1. The molecule has 4 aromatic rings. The molecule has 0 spiro atoms. The van der Waals surface area contributed by atoms with E-state index in [1.807, 2.05) is 36.5 Å². The van der Waals surface area contributed by atoms with Gasteiger partial charge in [0, 0.05) is 28.7 Å². The van der Waals surface area contributed by atoms with Gasteiger partial charge in [-0.25, -0.2) is 0 Å². The van der Waals surface area contributed by atoms with Gasteiger partial charge in [0.15, 0.2) is 0 Å². The van der Waals surface area contributed by atoms with Gasteiger partial charge in [0.2, 0.25) is 0 Å². The molecule has 2 aromatic carbocycles. The van der Waals surface area contributed by atoms with Gasteiger partial charge in [-0.15, -0.1) is 0 Å². The molecular formula is C17H10NO. The second kappa shape index (κ2) is 3.95. The monoisotopic (exact) mass is 244 g/mol. The number of aromatic nitrogens is 1. The third-order valence-electron chi connectivity index (χ3n) is 3.31. The van der Waals surface area contributed by atoms with Gasteiger partial charge in [0.25, 0.3) is 0 Å². The fourth-order valence-electron chi connectivity index (χ4n) is 2.38. The molecule has 4 rings (SSSR count). The minimum absolute atomic E-state index is 0.900. The molecule has 2 nitrogen and oxygen atoms in total. The molecule has 89 valence electrons. The van der Waals surface area contributed by atoms with Crippen LogP contribution in [0.3, 0.4) is 0 Å². The van der Waals surface area contributed by atoms with Gasteiger partial charge in [-0.05, 0) is 42.0 Å². The number of nitrogens with zero attached hydrogens (tertiary/aromatic N) is 1. The number of hydrogen-bond donors (Lipinski definition) is 0. The summed E-state index contributed by atoms with van der Waals surface area (Å²) >= 11 is 0. The lowest BCUT2D eigenvalue weighted by molar-refractivity contribution is 0.669.